The Morgan fingerprint density at radius 3 is 2.37 bits per heavy atom. The zero-order valence-corrected chi connectivity index (χ0v) is 16.3. The molecule has 1 aromatic carbocycles. The molecule has 5 heteroatoms. The standard InChI is InChI=1S/C22H30N4O/c1-18(2)16-20(19-8-4-3-5-9-19)24-22(27)17-25-12-14-26(15-13-25)21-10-6-7-11-23-21/h3-11,18,20H,12-17H2,1-2H3,(H,24,27). The van der Waals surface area contributed by atoms with Crippen molar-refractivity contribution in [3.8, 4) is 0 Å². The lowest BCUT2D eigenvalue weighted by Gasteiger charge is -2.35. The lowest BCUT2D eigenvalue weighted by Crippen LogP contribution is -2.50. The second-order valence-electron chi connectivity index (χ2n) is 7.61. The van der Waals surface area contributed by atoms with E-state index >= 15 is 0 Å². The van der Waals surface area contributed by atoms with E-state index in [1.807, 2.05) is 42.6 Å². The number of carbonyl (C=O) groups is 1. The van der Waals surface area contributed by atoms with Crippen LogP contribution >= 0.6 is 0 Å². The highest BCUT2D eigenvalue weighted by molar-refractivity contribution is 5.78. The molecule has 1 N–H and O–H groups in total. The summed E-state index contributed by atoms with van der Waals surface area (Å²) in [5.74, 6) is 1.65. The molecule has 0 spiro atoms. The molecule has 0 saturated carbocycles. The van der Waals surface area contributed by atoms with E-state index in [-0.39, 0.29) is 11.9 Å². The molecular formula is C22H30N4O. The monoisotopic (exact) mass is 366 g/mol. The zero-order valence-electron chi connectivity index (χ0n) is 16.3. The van der Waals surface area contributed by atoms with E-state index in [0.717, 1.165) is 38.4 Å². The molecule has 1 unspecified atom stereocenters. The van der Waals surface area contributed by atoms with Gasteiger partial charge in [-0.05, 0) is 30.0 Å². The predicted molar refractivity (Wildman–Crippen MR) is 110 cm³/mol. The Labute approximate surface area is 162 Å². The van der Waals surface area contributed by atoms with Crippen LogP contribution in [-0.4, -0.2) is 48.5 Å². The minimum absolute atomic E-state index is 0.0773. The first-order chi connectivity index (χ1) is 13.1. The number of hydrogen-bond acceptors (Lipinski definition) is 4. The second-order valence-corrected chi connectivity index (χ2v) is 7.61. The molecule has 0 aliphatic carbocycles. The first-order valence-electron chi connectivity index (χ1n) is 9.84. The topological polar surface area (TPSA) is 48.5 Å². The number of rotatable bonds is 7. The fourth-order valence-electron chi connectivity index (χ4n) is 3.55. The van der Waals surface area contributed by atoms with Crippen LogP contribution in [0.25, 0.3) is 0 Å². The van der Waals surface area contributed by atoms with Crippen molar-refractivity contribution in [2.45, 2.75) is 26.3 Å². The summed E-state index contributed by atoms with van der Waals surface area (Å²) in [6, 6.07) is 16.3. The molecule has 2 heterocycles. The minimum atomic E-state index is 0.0773. The molecule has 1 aliphatic heterocycles. The van der Waals surface area contributed by atoms with Crippen molar-refractivity contribution in [3.05, 3.63) is 60.3 Å². The van der Waals surface area contributed by atoms with E-state index in [0.29, 0.717) is 12.5 Å². The van der Waals surface area contributed by atoms with Crippen molar-refractivity contribution in [2.75, 3.05) is 37.6 Å². The fourth-order valence-corrected chi connectivity index (χ4v) is 3.55. The van der Waals surface area contributed by atoms with Crippen molar-refractivity contribution in [3.63, 3.8) is 0 Å². The molecule has 0 radical (unpaired) electrons. The Morgan fingerprint density at radius 2 is 1.74 bits per heavy atom. The number of nitrogens with zero attached hydrogens (tertiary/aromatic N) is 3. The van der Waals surface area contributed by atoms with E-state index in [9.17, 15) is 4.79 Å². The number of aromatic nitrogens is 1. The van der Waals surface area contributed by atoms with Gasteiger partial charge in [0.15, 0.2) is 0 Å². The van der Waals surface area contributed by atoms with Crippen LogP contribution in [0.1, 0.15) is 31.9 Å². The zero-order chi connectivity index (χ0) is 19.1. The van der Waals surface area contributed by atoms with Gasteiger partial charge < -0.3 is 10.2 Å². The summed E-state index contributed by atoms with van der Waals surface area (Å²) in [6.45, 7) is 8.40. The van der Waals surface area contributed by atoms with Gasteiger partial charge in [0.2, 0.25) is 5.91 Å². The number of benzene rings is 1. The van der Waals surface area contributed by atoms with Gasteiger partial charge >= 0.3 is 0 Å². The molecule has 1 aliphatic rings. The molecule has 1 saturated heterocycles. The lowest BCUT2D eigenvalue weighted by atomic mass is 9.97. The van der Waals surface area contributed by atoms with Gasteiger partial charge in [0, 0.05) is 32.4 Å². The lowest BCUT2D eigenvalue weighted by molar-refractivity contribution is -0.123. The minimum Gasteiger partial charge on any atom is -0.354 e. The van der Waals surface area contributed by atoms with Crippen molar-refractivity contribution in [1.29, 1.82) is 0 Å². The molecule has 27 heavy (non-hydrogen) atoms. The smallest absolute Gasteiger partial charge is 0.234 e. The first-order valence-corrected chi connectivity index (χ1v) is 9.84. The van der Waals surface area contributed by atoms with Gasteiger partial charge in [-0.15, -0.1) is 0 Å². The summed E-state index contributed by atoms with van der Waals surface area (Å²) in [5.41, 5.74) is 1.18. The van der Waals surface area contributed by atoms with Crippen LogP contribution in [0, 0.1) is 5.92 Å². The molecule has 2 aromatic rings. The van der Waals surface area contributed by atoms with Gasteiger partial charge in [0.25, 0.3) is 0 Å². The van der Waals surface area contributed by atoms with Crippen molar-refractivity contribution in [1.82, 2.24) is 15.2 Å². The molecule has 1 fully saturated rings. The molecule has 1 amide bonds. The molecule has 3 rings (SSSR count). The van der Waals surface area contributed by atoms with Gasteiger partial charge in [-0.3, -0.25) is 9.69 Å². The number of carbonyl (C=O) groups excluding carboxylic acids is 1. The summed E-state index contributed by atoms with van der Waals surface area (Å²) in [6.07, 6.45) is 2.77. The number of anilines is 1. The molecule has 144 valence electrons. The maximum atomic E-state index is 12.6. The number of piperazine rings is 1. The highest BCUT2D eigenvalue weighted by Crippen LogP contribution is 2.21. The third-order valence-electron chi connectivity index (χ3n) is 4.96. The van der Waals surface area contributed by atoms with Crippen LogP contribution in [0.2, 0.25) is 0 Å². The number of nitrogens with one attached hydrogen (secondary N) is 1. The van der Waals surface area contributed by atoms with Crippen molar-refractivity contribution >= 4 is 11.7 Å². The van der Waals surface area contributed by atoms with E-state index in [1.165, 1.54) is 5.56 Å². The molecule has 1 atom stereocenters. The van der Waals surface area contributed by atoms with Crippen molar-refractivity contribution < 1.29 is 4.79 Å². The van der Waals surface area contributed by atoms with Gasteiger partial charge in [-0.2, -0.15) is 0 Å². The Kier molecular flexibility index (Phi) is 6.82. The second kappa shape index (κ2) is 9.51. The summed E-state index contributed by atoms with van der Waals surface area (Å²) in [7, 11) is 0. The number of pyridine rings is 1. The van der Waals surface area contributed by atoms with E-state index in [2.05, 4.69) is 46.1 Å². The highest BCUT2D eigenvalue weighted by Gasteiger charge is 2.22. The maximum absolute atomic E-state index is 12.6. The van der Waals surface area contributed by atoms with Crippen LogP contribution in [0.15, 0.2) is 54.7 Å². The Bertz CT molecular complexity index is 697. The summed E-state index contributed by atoms with van der Waals surface area (Å²) < 4.78 is 0. The number of hydrogen-bond donors (Lipinski definition) is 1. The average Bonchev–Trinajstić information content (AvgIpc) is 2.69. The highest BCUT2D eigenvalue weighted by atomic mass is 16.2. The number of amides is 1. The van der Waals surface area contributed by atoms with Crippen LogP contribution in [-0.2, 0) is 4.79 Å². The Balaban J connectivity index is 1.51. The van der Waals surface area contributed by atoms with Crippen LogP contribution in [0.4, 0.5) is 5.82 Å². The van der Waals surface area contributed by atoms with Gasteiger partial charge in [-0.1, -0.05) is 50.2 Å². The molecule has 0 bridgehead atoms. The van der Waals surface area contributed by atoms with E-state index < -0.39 is 0 Å². The largest absolute Gasteiger partial charge is 0.354 e. The summed E-state index contributed by atoms with van der Waals surface area (Å²) in [4.78, 5) is 21.6. The molecular weight excluding hydrogens is 336 g/mol. The molecule has 1 aromatic heterocycles. The fraction of sp³-hybridized carbons (Fsp3) is 0.455. The predicted octanol–water partition coefficient (Wildman–Crippen LogP) is 3.11. The third-order valence-corrected chi connectivity index (χ3v) is 4.96. The van der Waals surface area contributed by atoms with Gasteiger partial charge in [0.1, 0.15) is 5.82 Å². The van der Waals surface area contributed by atoms with Crippen LogP contribution < -0.4 is 10.2 Å². The van der Waals surface area contributed by atoms with Crippen LogP contribution in [0.3, 0.4) is 0 Å². The SMILES string of the molecule is CC(C)CC(NC(=O)CN1CCN(c2ccccn2)CC1)c1ccccc1. The van der Waals surface area contributed by atoms with E-state index in [4.69, 9.17) is 0 Å². The van der Waals surface area contributed by atoms with Gasteiger partial charge in [-0.25, -0.2) is 4.98 Å². The van der Waals surface area contributed by atoms with Gasteiger partial charge in [0.05, 0.1) is 12.6 Å². The Morgan fingerprint density at radius 1 is 1.04 bits per heavy atom. The maximum Gasteiger partial charge on any atom is 0.234 e. The van der Waals surface area contributed by atoms with E-state index in [1.54, 1.807) is 0 Å². The average molecular weight is 367 g/mol. The third kappa shape index (κ3) is 5.79. The normalized spacial score (nSPS) is 16.3. The quantitative estimate of drug-likeness (QED) is 0.818. The first kappa shape index (κ1) is 19.4. The summed E-state index contributed by atoms with van der Waals surface area (Å²) >= 11 is 0. The van der Waals surface area contributed by atoms with Crippen molar-refractivity contribution in [2.24, 2.45) is 5.92 Å². The Hall–Kier alpha value is -2.40. The summed E-state index contributed by atoms with van der Waals surface area (Å²) in [5, 5.41) is 3.25. The van der Waals surface area contributed by atoms with Crippen LogP contribution in [0.5, 0.6) is 0 Å². The molecule has 5 nitrogen and oxygen atoms in total.